The van der Waals surface area contributed by atoms with Gasteiger partial charge in [0, 0.05) is 11.3 Å². The molecule has 1 heterocycles. The molecule has 0 fully saturated rings. The van der Waals surface area contributed by atoms with E-state index < -0.39 is 0 Å². The molecule has 0 saturated heterocycles. The summed E-state index contributed by atoms with van der Waals surface area (Å²) in [5.74, 6) is -0.238. The van der Waals surface area contributed by atoms with E-state index in [0.29, 0.717) is 16.9 Å². The van der Waals surface area contributed by atoms with Gasteiger partial charge in [0.2, 0.25) is 0 Å². The van der Waals surface area contributed by atoms with E-state index in [1.54, 1.807) is 29.8 Å². The van der Waals surface area contributed by atoms with E-state index in [-0.39, 0.29) is 5.82 Å². The van der Waals surface area contributed by atoms with E-state index in [1.165, 1.54) is 6.07 Å². The standard InChI is InChI=1S/C14H12FN3S/c1-8-9(15)3-2-4-10(8)18-11-5-6-12-14(13(11)16)17-7-19-12/h2-7,18H,16H2,1H3. The van der Waals surface area contributed by atoms with E-state index in [2.05, 4.69) is 10.3 Å². The summed E-state index contributed by atoms with van der Waals surface area (Å²) in [7, 11) is 0. The van der Waals surface area contributed by atoms with Crippen LogP contribution < -0.4 is 11.1 Å². The van der Waals surface area contributed by atoms with Crippen molar-refractivity contribution in [1.82, 2.24) is 4.98 Å². The summed E-state index contributed by atoms with van der Waals surface area (Å²) in [6, 6.07) is 8.78. The van der Waals surface area contributed by atoms with E-state index in [0.717, 1.165) is 15.9 Å². The summed E-state index contributed by atoms with van der Waals surface area (Å²) in [4.78, 5) is 4.24. The highest BCUT2D eigenvalue weighted by molar-refractivity contribution is 7.16. The lowest BCUT2D eigenvalue weighted by molar-refractivity contribution is 0.619. The van der Waals surface area contributed by atoms with Crippen LogP contribution in [0.2, 0.25) is 0 Å². The molecular formula is C14H12FN3S. The Bertz CT molecular complexity index is 752. The second kappa shape index (κ2) is 4.51. The number of fused-ring (bicyclic) bond motifs is 1. The minimum atomic E-state index is -0.238. The fraction of sp³-hybridized carbons (Fsp3) is 0.0714. The average molecular weight is 273 g/mol. The Balaban J connectivity index is 2.05. The van der Waals surface area contributed by atoms with Crippen LogP contribution in [-0.2, 0) is 0 Å². The Kier molecular flexibility index (Phi) is 2.83. The largest absolute Gasteiger partial charge is 0.395 e. The topological polar surface area (TPSA) is 50.9 Å². The molecule has 0 aliphatic rings. The van der Waals surface area contributed by atoms with Gasteiger partial charge in [0.15, 0.2) is 0 Å². The normalized spacial score (nSPS) is 10.8. The number of benzene rings is 2. The first kappa shape index (κ1) is 11.9. The van der Waals surface area contributed by atoms with Crippen LogP contribution in [0.15, 0.2) is 35.8 Å². The van der Waals surface area contributed by atoms with Gasteiger partial charge in [-0.05, 0) is 31.2 Å². The predicted molar refractivity (Wildman–Crippen MR) is 78.5 cm³/mol. The second-order valence-electron chi connectivity index (χ2n) is 4.26. The third-order valence-corrected chi connectivity index (χ3v) is 3.87. The predicted octanol–water partition coefficient (Wildman–Crippen LogP) is 4.07. The van der Waals surface area contributed by atoms with Crippen molar-refractivity contribution in [2.24, 2.45) is 0 Å². The Labute approximate surface area is 113 Å². The fourth-order valence-corrected chi connectivity index (χ4v) is 2.64. The van der Waals surface area contributed by atoms with Crippen LogP contribution in [0.5, 0.6) is 0 Å². The van der Waals surface area contributed by atoms with Gasteiger partial charge < -0.3 is 11.1 Å². The Hall–Kier alpha value is -2.14. The molecule has 3 nitrogen and oxygen atoms in total. The molecule has 0 bridgehead atoms. The first-order valence-corrected chi connectivity index (χ1v) is 6.68. The first-order chi connectivity index (χ1) is 9.16. The highest BCUT2D eigenvalue weighted by Crippen LogP contribution is 2.32. The lowest BCUT2D eigenvalue weighted by atomic mass is 10.1. The van der Waals surface area contributed by atoms with E-state index in [9.17, 15) is 4.39 Å². The van der Waals surface area contributed by atoms with Gasteiger partial charge in [-0.3, -0.25) is 0 Å². The number of hydrogen-bond donors (Lipinski definition) is 2. The number of thiazole rings is 1. The van der Waals surface area contributed by atoms with Gasteiger partial charge in [-0.25, -0.2) is 9.37 Å². The number of aromatic nitrogens is 1. The minimum absolute atomic E-state index is 0.238. The lowest BCUT2D eigenvalue weighted by Gasteiger charge is -2.12. The quantitative estimate of drug-likeness (QED) is 0.692. The maximum absolute atomic E-state index is 13.5. The Morgan fingerprint density at radius 3 is 2.89 bits per heavy atom. The maximum atomic E-state index is 13.5. The molecule has 3 N–H and O–H groups in total. The van der Waals surface area contributed by atoms with Crippen LogP contribution in [0, 0.1) is 12.7 Å². The minimum Gasteiger partial charge on any atom is -0.395 e. The molecule has 0 amide bonds. The molecule has 0 atom stereocenters. The molecule has 0 spiro atoms. The molecule has 0 unspecified atom stereocenters. The number of hydrogen-bond acceptors (Lipinski definition) is 4. The van der Waals surface area contributed by atoms with E-state index >= 15 is 0 Å². The number of rotatable bonds is 2. The van der Waals surface area contributed by atoms with Crippen LogP contribution in [0.25, 0.3) is 10.2 Å². The van der Waals surface area contributed by atoms with Crippen LogP contribution in [0.1, 0.15) is 5.56 Å². The zero-order chi connectivity index (χ0) is 13.4. The van der Waals surface area contributed by atoms with Gasteiger partial charge in [-0.2, -0.15) is 0 Å². The molecule has 1 aromatic heterocycles. The fourth-order valence-electron chi connectivity index (χ4n) is 1.95. The molecule has 2 aromatic carbocycles. The SMILES string of the molecule is Cc1c(F)cccc1Nc1ccc2scnc2c1N. The number of nitrogen functional groups attached to an aromatic ring is 1. The van der Waals surface area contributed by atoms with Crippen LogP contribution in [0.4, 0.5) is 21.5 Å². The van der Waals surface area contributed by atoms with Gasteiger partial charge in [-0.1, -0.05) is 6.07 Å². The molecule has 0 aliphatic carbocycles. The summed E-state index contributed by atoms with van der Waals surface area (Å²) in [5.41, 5.74) is 11.2. The molecule has 0 saturated carbocycles. The monoisotopic (exact) mass is 273 g/mol. The van der Waals surface area contributed by atoms with Gasteiger partial charge >= 0.3 is 0 Å². The number of nitrogens with zero attached hydrogens (tertiary/aromatic N) is 1. The zero-order valence-electron chi connectivity index (χ0n) is 10.3. The van der Waals surface area contributed by atoms with Crippen molar-refractivity contribution in [2.45, 2.75) is 6.92 Å². The Morgan fingerprint density at radius 2 is 2.05 bits per heavy atom. The summed E-state index contributed by atoms with van der Waals surface area (Å²) in [5, 5.41) is 3.16. The van der Waals surface area contributed by atoms with Crippen LogP contribution >= 0.6 is 11.3 Å². The third-order valence-electron chi connectivity index (χ3n) is 3.08. The molecule has 5 heteroatoms. The smallest absolute Gasteiger partial charge is 0.128 e. The van der Waals surface area contributed by atoms with Crippen molar-refractivity contribution in [2.75, 3.05) is 11.1 Å². The van der Waals surface area contributed by atoms with Crippen molar-refractivity contribution in [1.29, 1.82) is 0 Å². The van der Waals surface area contributed by atoms with Crippen molar-refractivity contribution in [3.8, 4) is 0 Å². The molecule has 96 valence electrons. The van der Waals surface area contributed by atoms with E-state index in [1.807, 2.05) is 18.2 Å². The maximum Gasteiger partial charge on any atom is 0.128 e. The van der Waals surface area contributed by atoms with Crippen LogP contribution in [-0.4, -0.2) is 4.98 Å². The molecular weight excluding hydrogens is 261 g/mol. The van der Waals surface area contributed by atoms with Gasteiger partial charge in [0.05, 0.1) is 21.6 Å². The first-order valence-electron chi connectivity index (χ1n) is 5.80. The second-order valence-corrected chi connectivity index (χ2v) is 5.15. The van der Waals surface area contributed by atoms with E-state index in [4.69, 9.17) is 5.73 Å². The number of nitrogens with one attached hydrogen (secondary N) is 1. The number of nitrogens with two attached hydrogens (primary N) is 1. The highest BCUT2D eigenvalue weighted by Gasteiger charge is 2.09. The van der Waals surface area contributed by atoms with Gasteiger partial charge in [0.25, 0.3) is 0 Å². The number of anilines is 3. The van der Waals surface area contributed by atoms with Gasteiger partial charge in [0.1, 0.15) is 11.3 Å². The van der Waals surface area contributed by atoms with Crippen molar-refractivity contribution >= 4 is 38.6 Å². The molecule has 19 heavy (non-hydrogen) atoms. The van der Waals surface area contributed by atoms with Crippen LogP contribution in [0.3, 0.4) is 0 Å². The average Bonchev–Trinajstić information content (AvgIpc) is 2.87. The third kappa shape index (κ3) is 2.02. The summed E-state index contributed by atoms with van der Waals surface area (Å²) >= 11 is 1.54. The lowest BCUT2D eigenvalue weighted by Crippen LogP contribution is -1.99. The molecule has 0 radical (unpaired) electrons. The summed E-state index contributed by atoms with van der Waals surface area (Å²) < 4.78 is 14.5. The summed E-state index contributed by atoms with van der Waals surface area (Å²) in [6.45, 7) is 1.73. The number of halogens is 1. The van der Waals surface area contributed by atoms with Crippen molar-refractivity contribution in [3.63, 3.8) is 0 Å². The van der Waals surface area contributed by atoms with Crippen molar-refractivity contribution < 1.29 is 4.39 Å². The Morgan fingerprint density at radius 1 is 1.21 bits per heavy atom. The molecule has 3 rings (SSSR count). The molecule has 0 aliphatic heterocycles. The van der Waals surface area contributed by atoms with Gasteiger partial charge in [-0.15, -0.1) is 11.3 Å². The zero-order valence-corrected chi connectivity index (χ0v) is 11.1. The highest BCUT2D eigenvalue weighted by atomic mass is 32.1. The summed E-state index contributed by atoms with van der Waals surface area (Å²) in [6.07, 6.45) is 0. The molecule has 3 aromatic rings. The van der Waals surface area contributed by atoms with Crippen molar-refractivity contribution in [3.05, 3.63) is 47.2 Å².